The maximum Gasteiger partial charge on any atom is 0.262 e. The van der Waals surface area contributed by atoms with Gasteiger partial charge in [0.1, 0.15) is 0 Å². The van der Waals surface area contributed by atoms with Crippen molar-refractivity contribution in [1.82, 2.24) is 18.8 Å². The van der Waals surface area contributed by atoms with Gasteiger partial charge in [-0.1, -0.05) is 19.3 Å². The summed E-state index contributed by atoms with van der Waals surface area (Å²) in [5.41, 5.74) is 0.222. The molecule has 2 aliphatic heterocycles. The molecule has 0 amide bonds. The number of rotatable bonds is 6. The van der Waals surface area contributed by atoms with E-state index in [9.17, 15) is 8.42 Å². The third-order valence-electron chi connectivity index (χ3n) is 7.63. The van der Waals surface area contributed by atoms with Crippen molar-refractivity contribution in [3.63, 3.8) is 0 Å². The molecular weight excluding hydrogens is 388 g/mol. The molecule has 2 saturated heterocycles. The van der Waals surface area contributed by atoms with Gasteiger partial charge >= 0.3 is 0 Å². The van der Waals surface area contributed by atoms with Crippen LogP contribution in [-0.2, 0) is 21.8 Å². The van der Waals surface area contributed by atoms with E-state index in [2.05, 4.69) is 9.88 Å². The van der Waals surface area contributed by atoms with Gasteiger partial charge in [0.25, 0.3) is 10.0 Å². The van der Waals surface area contributed by atoms with Gasteiger partial charge in [-0.3, -0.25) is 4.90 Å². The fraction of sp³-hybridized carbons (Fsp3) is 0.857. The Balaban J connectivity index is 1.23. The molecule has 2 saturated carbocycles. The summed E-state index contributed by atoms with van der Waals surface area (Å²) in [6, 6.07) is 0.476. The minimum absolute atomic E-state index is 0.166. The molecule has 1 spiro atoms. The molecule has 8 heteroatoms. The van der Waals surface area contributed by atoms with Crippen molar-refractivity contribution in [3.8, 4) is 0 Å². The van der Waals surface area contributed by atoms with Crippen LogP contribution in [-0.4, -0.2) is 71.1 Å². The molecule has 2 aliphatic carbocycles. The molecule has 3 heterocycles. The summed E-state index contributed by atoms with van der Waals surface area (Å²) in [6.07, 6.45) is 14.4. The van der Waals surface area contributed by atoms with E-state index in [0.717, 1.165) is 31.9 Å². The van der Waals surface area contributed by atoms with Gasteiger partial charge in [0.2, 0.25) is 0 Å². The average Bonchev–Trinajstić information content (AvgIpc) is 3.45. The number of ether oxygens (including phenoxy) is 1. The Morgan fingerprint density at radius 2 is 1.86 bits per heavy atom. The summed E-state index contributed by atoms with van der Waals surface area (Å²) in [5, 5.41) is 0.166. The summed E-state index contributed by atoms with van der Waals surface area (Å²) in [4.78, 5) is 6.77. The molecule has 1 aromatic heterocycles. The maximum atomic E-state index is 12.9. The quantitative estimate of drug-likeness (QED) is 0.704. The number of aromatic nitrogens is 2. The smallest absolute Gasteiger partial charge is 0.262 e. The molecule has 0 aromatic carbocycles. The monoisotopic (exact) mass is 422 g/mol. The highest BCUT2D eigenvalue weighted by molar-refractivity contribution is 7.89. The summed E-state index contributed by atoms with van der Waals surface area (Å²) >= 11 is 0. The Kier molecular flexibility index (Phi) is 5.25. The Bertz CT molecular complexity index is 821. The normalized spacial score (nSPS) is 29.2. The number of sulfonamides is 1. The molecule has 4 aliphatic rings. The lowest BCUT2D eigenvalue weighted by atomic mass is 9.69. The zero-order chi connectivity index (χ0) is 20.1. The first-order valence-electron chi connectivity index (χ1n) is 11.4. The van der Waals surface area contributed by atoms with Crippen LogP contribution in [0.3, 0.4) is 0 Å². The van der Waals surface area contributed by atoms with Crippen molar-refractivity contribution in [1.29, 1.82) is 0 Å². The van der Waals surface area contributed by atoms with Crippen LogP contribution < -0.4 is 0 Å². The maximum absolute atomic E-state index is 12.9. The van der Waals surface area contributed by atoms with Gasteiger partial charge in [-0.25, -0.2) is 13.4 Å². The Morgan fingerprint density at radius 1 is 1.14 bits per heavy atom. The molecule has 0 radical (unpaired) electrons. The molecule has 7 nitrogen and oxygen atoms in total. The molecule has 1 aromatic rings. The second-order valence-electron chi connectivity index (χ2n) is 9.59. The molecule has 162 valence electrons. The Labute approximate surface area is 174 Å². The van der Waals surface area contributed by atoms with Gasteiger partial charge in [0.15, 0.2) is 5.03 Å². The van der Waals surface area contributed by atoms with Crippen LogP contribution in [0.25, 0.3) is 0 Å². The topological polar surface area (TPSA) is 67.7 Å². The van der Waals surface area contributed by atoms with E-state index in [0.29, 0.717) is 25.2 Å². The van der Waals surface area contributed by atoms with Crippen LogP contribution in [0.4, 0.5) is 0 Å². The standard InChI is InChI=1S/C21H34N4O3S/c1-23-14-20(22-16-23)29(26,27)24-11-7-18(8-12-24)25-13-19(28-15-17-5-6-17)21(25)9-3-2-4-10-21/h14,16-19H,2-13,15H2,1H3. The van der Waals surface area contributed by atoms with E-state index < -0.39 is 10.0 Å². The summed E-state index contributed by atoms with van der Waals surface area (Å²) in [6.45, 7) is 3.15. The van der Waals surface area contributed by atoms with Crippen molar-refractivity contribution < 1.29 is 13.2 Å². The molecule has 0 bridgehead atoms. The van der Waals surface area contributed by atoms with Crippen LogP contribution in [0, 0.1) is 5.92 Å². The van der Waals surface area contributed by atoms with Crippen LogP contribution in [0.15, 0.2) is 17.6 Å². The summed E-state index contributed by atoms with van der Waals surface area (Å²) in [7, 11) is -1.68. The third kappa shape index (κ3) is 3.66. The number of hydrogen-bond acceptors (Lipinski definition) is 5. The lowest BCUT2D eigenvalue weighted by Gasteiger charge is -2.63. The second kappa shape index (κ2) is 7.62. The van der Waals surface area contributed by atoms with Crippen LogP contribution >= 0.6 is 0 Å². The predicted molar refractivity (Wildman–Crippen MR) is 110 cm³/mol. The molecule has 1 atom stereocenters. The SMILES string of the molecule is Cn1cnc(S(=O)(=O)N2CCC(N3CC(OCC4CC4)C34CCCCC4)CC2)c1. The highest BCUT2D eigenvalue weighted by Crippen LogP contribution is 2.48. The van der Waals surface area contributed by atoms with Gasteiger partial charge < -0.3 is 9.30 Å². The van der Waals surface area contributed by atoms with E-state index in [4.69, 9.17) is 4.74 Å². The number of imidazole rings is 1. The van der Waals surface area contributed by atoms with Gasteiger partial charge in [-0.2, -0.15) is 4.31 Å². The molecule has 1 unspecified atom stereocenters. The minimum Gasteiger partial charge on any atom is -0.375 e. The van der Waals surface area contributed by atoms with Crippen molar-refractivity contribution in [2.24, 2.45) is 13.0 Å². The number of hydrogen-bond donors (Lipinski definition) is 0. The van der Waals surface area contributed by atoms with E-state index in [1.807, 2.05) is 0 Å². The van der Waals surface area contributed by atoms with E-state index in [1.165, 1.54) is 44.9 Å². The highest BCUT2D eigenvalue weighted by atomic mass is 32.2. The minimum atomic E-state index is -3.48. The first-order chi connectivity index (χ1) is 14.0. The van der Waals surface area contributed by atoms with Crippen LogP contribution in [0.5, 0.6) is 0 Å². The number of piperidine rings is 1. The Morgan fingerprint density at radius 3 is 2.48 bits per heavy atom. The Hall–Kier alpha value is -0.960. The van der Waals surface area contributed by atoms with E-state index in [-0.39, 0.29) is 10.6 Å². The van der Waals surface area contributed by atoms with Crippen LogP contribution in [0.1, 0.15) is 57.8 Å². The molecule has 0 N–H and O–H groups in total. The van der Waals surface area contributed by atoms with Gasteiger partial charge in [-0.05, 0) is 44.4 Å². The van der Waals surface area contributed by atoms with Gasteiger partial charge in [0.05, 0.1) is 12.4 Å². The average molecular weight is 423 g/mol. The second-order valence-corrected chi connectivity index (χ2v) is 11.5. The van der Waals surface area contributed by atoms with Crippen molar-refractivity contribution in [3.05, 3.63) is 12.5 Å². The summed E-state index contributed by atoms with van der Waals surface area (Å²) in [5.74, 6) is 0.810. The van der Waals surface area contributed by atoms with Crippen molar-refractivity contribution in [2.45, 2.75) is 80.5 Å². The van der Waals surface area contributed by atoms with Crippen molar-refractivity contribution >= 4 is 10.0 Å². The number of nitrogens with zero attached hydrogens (tertiary/aromatic N) is 4. The molecular formula is C21H34N4O3S. The first-order valence-corrected chi connectivity index (χ1v) is 12.8. The fourth-order valence-electron chi connectivity index (χ4n) is 5.68. The molecule has 4 fully saturated rings. The molecule has 5 rings (SSSR count). The van der Waals surface area contributed by atoms with Crippen LogP contribution in [0.2, 0.25) is 0 Å². The number of likely N-dealkylation sites (tertiary alicyclic amines) is 1. The van der Waals surface area contributed by atoms with Crippen molar-refractivity contribution in [2.75, 3.05) is 26.2 Å². The first kappa shape index (κ1) is 20.0. The third-order valence-corrected chi connectivity index (χ3v) is 9.42. The lowest BCUT2D eigenvalue weighted by molar-refractivity contribution is -0.202. The zero-order valence-corrected chi connectivity index (χ0v) is 18.3. The van der Waals surface area contributed by atoms with E-state index in [1.54, 1.807) is 28.4 Å². The largest absolute Gasteiger partial charge is 0.375 e. The predicted octanol–water partition coefficient (Wildman–Crippen LogP) is 2.39. The fourth-order valence-corrected chi connectivity index (χ4v) is 7.12. The van der Waals surface area contributed by atoms with Gasteiger partial charge in [0, 0.05) is 51.1 Å². The van der Waals surface area contributed by atoms with Gasteiger partial charge in [-0.15, -0.1) is 0 Å². The molecule has 29 heavy (non-hydrogen) atoms. The lowest BCUT2D eigenvalue weighted by Crippen LogP contribution is -2.75. The van der Waals surface area contributed by atoms with E-state index >= 15 is 0 Å². The summed E-state index contributed by atoms with van der Waals surface area (Å²) < 4.78 is 35.5. The zero-order valence-electron chi connectivity index (χ0n) is 17.5. The highest BCUT2D eigenvalue weighted by Gasteiger charge is 2.56. The number of aryl methyl sites for hydroxylation is 1.